The van der Waals surface area contributed by atoms with E-state index >= 15 is 0 Å². The highest BCUT2D eigenvalue weighted by Crippen LogP contribution is 2.28. The molecule has 5 rings (SSSR count). The minimum absolute atomic E-state index is 0.0215. The van der Waals surface area contributed by atoms with E-state index in [-0.39, 0.29) is 24.1 Å². The monoisotopic (exact) mass is 472 g/mol. The Bertz CT molecular complexity index is 1350. The lowest BCUT2D eigenvalue weighted by molar-refractivity contribution is -0.118. The third-order valence-electron chi connectivity index (χ3n) is 7.00. The molecule has 1 unspecified atom stereocenters. The van der Waals surface area contributed by atoms with Gasteiger partial charge >= 0.3 is 0 Å². The molecule has 0 radical (unpaired) electrons. The van der Waals surface area contributed by atoms with Gasteiger partial charge in [-0.3, -0.25) is 9.59 Å². The first-order chi connectivity index (χ1) is 17.0. The predicted molar refractivity (Wildman–Crippen MR) is 132 cm³/mol. The number of fused-ring (bicyclic) bond motifs is 2. The topological polar surface area (TPSA) is 135 Å². The second kappa shape index (κ2) is 9.86. The predicted octanol–water partition coefficient (Wildman–Crippen LogP) is 2.27. The molecule has 1 saturated carbocycles. The van der Waals surface area contributed by atoms with Gasteiger partial charge < -0.3 is 25.7 Å². The van der Waals surface area contributed by atoms with Crippen LogP contribution < -0.4 is 26.7 Å². The zero-order chi connectivity index (χ0) is 24.4. The molecule has 1 amide bonds. The smallest absolute Gasteiger partial charge is 0.263 e. The maximum absolute atomic E-state index is 12.6. The highest BCUT2D eigenvalue weighted by molar-refractivity contribution is 5.94. The van der Waals surface area contributed by atoms with Crippen LogP contribution in [0.2, 0.25) is 0 Å². The van der Waals surface area contributed by atoms with Gasteiger partial charge in [0.1, 0.15) is 0 Å². The molecule has 1 aromatic carbocycles. The molecule has 9 heteroatoms. The summed E-state index contributed by atoms with van der Waals surface area (Å²) in [6, 6.07) is 14.8. The SMILES string of the molecule is N#Cc1ccc2ccc(=O)n(CC(N)C3CCC(NCc4ccc5c(n4)NC(=O)CO5)CC3)c2c1. The van der Waals surface area contributed by atoms with Crippen molar-refractivity contribution in [2.75, 3.05) is 11.9 Å². The summed E-state index contributed by atoms with van der Waals surface area (Å²) >= 11 is 0. The summed E-state index contributed by atoms with van der Waals surface area (Å²) in [5, 5.41) is 16.5. The number of rotatable bonds is 6. The number of ether oxygens (including phenoxy) is 1. The van der Waals surface area contributed by atoms with Crippen LogP contribution in [0.4, 0.5) is 5.82 Å². The van der Waals surface area contributed by atoms with Crippen molar-refractivity contribution >= 4 is 22.6 Å². The molecule has 1 atom stereocenters. The number of aromatic nitrogens is 2. The average molecular weight is 473 g/mol. The molecular formula is C26H28N6O3. The molecular weight excluding hydrogens is 444 g/mol. The van der Waals surface area contributed by atoms with Gasteiger partial charge in [-0.1, -0.05) is 6.07 Å². The lowest BCUT2D eigenvalue weighted by atomic mass is 9.81. The number of benzene rings is 1. The summed E-state index contributed by atoms with van der Waals surface area (Å²) in [6.45, 7) is 1.06. The fourth-order valence-electron chi connectivity index (χ4n) is 5.01. The minimum atomic E-state index is -0.193. The maximum Gasteiger partial charge on any atom is 0.263 e. The van der Waals surface area contributed by atoms with Crippen molar-refractivity contribution in [2.24, 2.45) is 11.7 Å². The van der Waals surface area contributed by atoms with Gasteiger partial charge in [0, 0.05) is 31.2 Å². The van der Waals surface area contributed by atoms with Crippen LogP contribution in [0.5, 0.6) is 5.75 Å². The molecule has 1 aliphatic heterocycles. The third kappa shape index (κ3) is 5.04. The summed E-state index contributed by atoms with van der Waals surface area (Å²) < 4.78 is 7.07. The third-order valence-corrected chi connectivity index (χ3v) is 7.00. The van der Waals surface area contributed by atoms with Crippen LogP contribution in [-0.2, 0) is 17.9 Å². The molecule has 4 N–H and O–H groups in total. The van der Waals surface area contributed by atoms with E-state index in [1.165, 1.54) is 0 Å². The van der Waals surface area contributed by atoms with E-state index < -0.39 is 0 Å². The lowest BCUT2D eigenvalue weighted by Crippen LogP contribution is -2.42. The fraction of sp³-hybridized carbons (Fsp3) is 0.385. The zero-order valence-corrected chi connectivity index (χ0v) is 19.4. The summed E-state index contributed by atoms with van der Waals surface area (Å²) in [7, 11) is 0. The van der Waals surface area contributed by atoms with E-state index in [1.807, 2.05) is 18.2 Å². The molecule has 2 aliphatic rings. The summed E-state index contributed by atoms with van der Waals surface area (Å²) in [6.07, 6.45) is 3.94. The number of nitrogens with one attached hydrogen (secondary N) is 2. The van der Waals surface area contributed by atoms with Crippen LogP contribution in [0.3, 0.4) is 0 Å². The van der Waals surface area contributed by atoms with E-state index in [2.05, 4.69) is 21.7 Å². The van der Waals surface area contributed by atoms with Crippen LogP contribution in [0.25, 0.3) is 10.9 Å². The van der Waals surface area contributed by atoms with Gasteiger partial charge in [-0.2, -0.15) is 5.26 Å². The molecule has 3 aromatic rings. The van der Waals surface area contributed by atoms with Crippen LogP contribution in [-0.4, -0.2) is 34.1 Å². The van der Waals surface area contributed by atoms with E-state index in [4.69, 9.17) is 10.5 Å². The van der Waals surface area contributed by atoms with E-state index in [9.17, 15) is 14.9 Å². The van der Waals surface area contributed by atoms with Crippen molar-refractivity contribution in [3.8, 4) is 11.8 Å². The second-order valence-corrected chi connectivity index (χ2v) is 9.31. The molecule has 1 fully saturated rings. The highest BCUT2D eigenvalue weighted by Gasteiger charge is 2.26. The Morgan fingerprint density at radius 2 is 1.97 bits per heavy atom. The Kier molecular flexibility index (Phi) is 6.49. The zero-order valence-electron chi connectivity index (χ0n) is 19.4. The highest BCUT2D eigenvalue weighted by atomic mass is 16.5. The van der Waals surface area contributed by atoms with Crippen molar-refractivity contribution in [1.29, 1.82) is 5.26 Å². The number of nitriles is 1. The fourth-order valence-corrected chi connectivity index (χ4v) is 5.01. The lowest BCUT2D eigenvalue weighted by Gasteiger charge is -2.33. The van der Waals surface area contributed by atoms with Crippen LogP contribution in [0, 0.1) is 17.2 Å². The molecule has 1 aliphatic carbocycles. The average Bonchev–Trinajstić information content (AvgIpc) is 2.88. The Morgan fingerprint density at radius 1 is 1.17 bits per heavy atom. The molecule has 0 bridgehead atoms. The summed E-state index contributed by atoms with van der Waals surface area (Å²) in [4.78, 5) is 28.6. The first-order valence-electron chi connectivity index (χ1n) is 12.0. The molecule has 2 aromatic heterocycles. The minimum Gasteiger partial charge on any atom is -0.480 e. The van der Waals surface area contributed by atoms with Gasteiger partial charge in [0.05, 0.1) is 22.8 Å². The van der Waals surface area contributed by atoms with Crippen LogP contribution in [0.1, 0.15) is 36.9 Å². The number of carbonyl (C=O) groups is 1. The van der Waals surface area contributed by atoms with E-state index in [0.29, 0.717) is 42.2 Å². The van der Waals surface area contributed by atoms with Crippen molar-refractivity contribution in [3.63, 3.8) is 0 Å². The normalized spacial score (nSPS) is 20.4. The Morgan fingerprint density at radius 3 is 2.77 bits per heavy atom. The number of hydrogen-bond acceptors (Lipinski definition) is 7. The molecule has 0 saturated heterocycles. The maximum atomic E-state index is 12.6. The molecule has 35 heavy (non-hydrogen) atoms. The number of amides is 1. The summed E-state index contributed by atoms with van der Waals surface area (Å²) in [5.41, 5.74) is 8.62. The van der Waals surface area contributed by atoms with Crippen molar-refractivity contribution in [1.82, 2.24) is 14.9 Å². The summed E-state index contributed by atoms with van der Waals surface area (Å²) in [5.74, 6) is 1.20. The van der Waals surface area contributed by atoms with Gasteiger partial charge in [0.25, 0.3) is 11.5 Å². The van der Waals surface area contributed by atoms with Crippen molar-refractivity contribution in [2.45, 2.75) is 50.9 Å². The Hall–Kier alpha value is -3.74. The van der Waals surface area contributed by atoms with Gasteiger partial charge in [-0.05, 0) is 67.3 Å². The quantitative estimate of drug-likeness (QED) is 0.501. The van der Waals surface area contributed by atoms with Crippen LogP contribution >= 0.6 is 0 Å². The largest absolute Gasteiger partial charge is 0.480 e. The number of pyridine rings is 2. The Labute approximate surface area is 202 Å². The molecule has 0 spiro atoms. The second-order valence-electron chi connectivity index (χ2n) is 9.31. The van der Waals surface area contributed by atoms with Gasteiger partial charge in [-0.15, -0.1) is 0 Å². The van der Waals surface area contributed by atoms with Gasteiger partial charge in [0.15, 0.2) is 18.2 Å². The van der Waals surface area contributed by atoms with Crippen LogP contribution in [0.15, 0.2) is 47.3 Å². The van der Waals surface area contributed by atoms with Crippen molar-refractivity contribution in [3.05, 3.63) is 64.1 Å². The van der Waals surface area contributed by atoms with Gasteiger partial charge in [-0.25, -0.2) is 4.98 Å². The van der Waals surface area contributed by atoms with Crippen molar-refractivity contribution < 1.29 is 9.53 Å². The van der Waals surface area contributed by atoms with Gasteiger partial charge in [0.2, 0.25) is 0 Å². The standard InChI is InChI=1S/C26H28N6O3/c27-12-16-1-2-18-5-10-25(34)32(22(18)11-16)14-21(28)17-3-6-19(7-4-17)29-13-20-8-9-23-26(30-20)31-24(33)15-35-23/h1-2,5,8-11,17,19,21,29H,3-4,6-7,13-15,28H2,(H,30,31,33). The van der Waals surface area contributed by atoms with E-state index in [1.54, 1.807) is 28.8 Å². The molecule has 3 heterocycles. The van der Waals surface area contributed by atoms with E-state index in [0.717, 1.165) is 42.3 Å². The number of anilines is 1. The number of carbonyl (C=O) groups excluding carboxylic acids is 1. The number of hydrogen-bond donors (Lipinski definition) is 3. The first-order valence-corrected chi connectivity index (χ1v) is 12.0. The number of nitrogens with zero attached hydrogens (tertiary/aromatic N) is 3. The first kappa shape index (κ1) is 23.0. The molecule has 9 nitrogen and oxygen atoms in total. The Balaban J connectivity index is 1.17. The molecule has 180 valence electrons. The number of nitrogens with two attached hydrogens (primary N) is 1.